The topological polar surface area (TPSA) is 17.4 Å². The first-order valence-corrected chi connectivity index (χ1v) is 5.30. The van der Waals surface area contributed by atoms with Crippen molar-refractivity contribution in [2.45, 2.75) is 19.4 Å². The van der Waals surface area contributed by atoms with Crippen molar-refractivity contribution in [2.24, 2.45) is 0 Å². The van der Waals surface area contributed by atoms with Gasteiger partial charge in [-0.2, -0.15) is 0 Å². The molecule has 0 amide bonds. The number of hydrogen-bond donors (Lipinski definition) is 0. The molecule has 3 heteroatoms. The van der Waals surface area contributed by atoms with E-state index in [9.17, 15) is 0 Å². The molecule has 3 nitrogen and oxygen atoms in total. The van der Waals surface area contributed by atoms with Crippen molar-refractivity contribution >= 4 is 10.9 Å². The Bertz CT molecular complexity index is 709. The average Bonchev–Trinajstić information content (AvgIpc) is 2.87. The normalized spacial score (nSPS) is 21.9. The van der Waals surface area contributed by atoms with Gasteiger partial charge >= 0.3 is 0 Å². The smallest absolute Gasteiger partial charge is 0.119 e. The summed E-state index contributed by atoms with van der Waals surface area (Å²) in [6.07, 6.45) is 1.46. The first-order chi connectivity index (χ1) is 10.5. The highest BCUT2D eigenvalue weighted by molar-refractivity contribution is 5.81. The Kier molecular flexibility index (Phi) is 1.82. The molecule has 0 N–H and O–H groups in total. The van der Waals surface area contributed by atoms with Crippen LogP contribution in [-0.4, -0.2) is 36.7 Å². The fourth-order valence-corrected chi connectivity index (χ4v) is 1.56. The lowest BCUT2D eigenvalue weighted by molar-refractivity contribution is 0.286. The predicted octanol–water partition coefficient (Wildman–Crippen LogP) is 2.60. The van der Waals surface area contributed by atoms with Crippen molar-refractivity contribution in [3.05, 3.63) is 30.5 Å². The van der Waals surface area contributed by atoms with Gasteiger partial charge in [-0.05, 0) is 45.2 Å². The van der Waals surface area contributed by atoms with Crippen molar-refractivity contribution < 1.29 is 13.0 Å². The maximum Gasteiger partial charge on any atom is 0.119 e. The van der Waals surface area contributed by atoms with Crippen molar-refractivity contribution in [1.29, 1.82) is 0 Å². The van der Waals surface area contributed by atoms with Crippen molar-refractivity contribution in [2.75, 3.05) is 21.2 Å². The first-order valence-electron chi connectivity index (χ1n) is 8.30. The van der Waals surface area contributed by atoms with Crippen LogP contribution in [0.3, 0.4) is 0 Å². The monoisotopic (exact) mass is 238 g/mol. The second-order valence-corrected chi connectivity index (χ2v) is 3.97. The Morgan fingerprint density at radius 1 is 1.53 bits per heavy atom. The maximum absolute atomic E-state index is 8.41. The summed E-state index contributed by atoms with van der Waals surface area (Å²) in [5.74, 6) is 0.622. The number of benzene rings is 1. The lowest BCUT2D eigenvalue weighted by Gasteiger charge is -2.20. The SMILES string of the molecule is [2H]C([2H])([2H])[C@]([2H])(N(C)C)C([2H])([2H])n1ccc2cc(OC)ccc21. The molecular formula is C14H20N2O. The van der Waals surface area contributed by atoms with E-state index in [4.69, 9.17) is 13.0 Å². The highest BCUT2D eigenvalue weighted by atomic mass is 16.5. The minimum atomic E-state index is -2.84. The summed E-state index contributed by atoms with van der Waals surface area (Å²) in [4.78, 5) is 1.09. The zero-order valence-corrected chi connectivity index (χ0v) is 10.2. The minimum Gasteiger partial charge on any atom is -0.497 e. The van der Waals surface area contributed by atoms with E-state index in [-0.39, 0.29) is 0 Å². The molecule has 92 valence electrons. The van der Waals surface area contributed by atoms with E-state index >= 15 is 0 Å². The summed E-state index contributed by atoms with van der Waals surface area (Å²) >= 11 is 0. The molecule has 0 bridgehead atoms. The van der Waals surface area contributed by atoms with Crippen LogP contribution in [0.5, 0.6) is 5.75 Å². The number of rotatable bonds is 4. The molecule has 0 unspecified atom stereocenters. The number of ether oxygens (including phenoxy) is 1. The average molecular weight is 238 g/mol. The summed E-state index contributed by atoms with van der Waals surface area (Å²) in [6.45, 7) is -5.33. The van der Waals surface area contributed by atoms with Gasteiger partial charge in [0.2, 0.25) is 0 Å². The molecule has 1 aromatic carbocycles. The number of aromatic nitrogens is 1. The Morgan fingerprint density at radius 2 is 2.35 bits per heavy atom. The van der Waals surface area contributed by atoms with Crippen LogP contribution in [0.4, 0.5) is 0 Å². The van der Waals surface area contributed by atoms with Gasteiger partial charge in [-0.1, -0.05) is 0 Å². The molecule has 0 saturated carbocycles. The van der Waals surface area contributed by atoms with E-state index in [1.807, 2.05) is 0 Å². The largest absolute Gasteiger partial charge is 0.497 e. The summed E-state index contributed by atoms with van der Waals surface area (Å²) in [7, 11) is 4.32. The highest BCUT2D eigenvalue weighted by Crippen LogP contribution is 2.22. The maximum atomic E-state index is 8.41. The standard InChI is InChI=1S/C14H20N2O/c1-11(15(2)3)10-16-8-7-12-9-13(17-4)5-6-14(12)16/h5-9,11H,10H2,1-4H3/t11-/m0/s1/i1D3,10D2,11D. The summed E-state index contributed by atoms with van der Waals surface area (Å²) in [6, 6.07) is 4.28. The summed E-state index contributed by atoms with van der Waals surface area (Å²) in [5.41, 5.74) is 0.499. The minimum absolute atomic E-state index is 0.499. The second kappa shape index (κ2) is 4.80. The molecular weight excluding hydrogens is 212 g/mol. The van der Waals surface area contributed by atoms with Crippen LogP contribution in [0, 0.1) is 0 Å². The molecule has 1 heterocycles. The third-order valence-electron chi connectivity index (χ3n) is 2.57. The van der Waals surface area contributed by atoms with Crippen LogP contribution in [0.15, 0.2) is 30.5 Å². The molecule has 0 aliphatic rings. The molecule has 0 fully saturated rings. The fourth-order valence-electron chi connectivity index (χ4n) is 1.56. The van der Waals surface area contributed by atoms with Gasteiger partial charge in [-0.15, -0.1) is 0 Å². The quantitative estimate of drug-likeness (QED) is 0.814. The second-order valence-electron chi connectivity index (χ2n) is 3.97. The van der Waals surface area contributed by atoms with Gasteiger partial charge in [0, 0.05) is 35.1 Å². The number of fused-ring (bicyclic) bond motifs is 1. The van der Waals surface area contributed by atoms with Gasteiger partial charge in [0.25, 0.3) is 0 Å². The summed E-state index contributed by atoms with van der Waals surface area (Å²) < 4.78 is 54.6. The Labute approximate surface area is 111 Å². The van der Waals surface area contributed by atoms with E-state index < -0.39 is 19.4 Å². The molecule has 0 saturated heterocycles. The zero-order chi connectivity index (χ0) is 17.6. The zero-order valence-electron chi connectivity index (χ0n) is 16.2. The van der Waals surface area contributed by atoms with E-state index in [1.54, 1.807) is 24.3 Å². The van der Waals surface area contributed by atoms with Crippen molar-refractivity contribution in [3.63, 3.8) is 0 Å². The van der Waals surface area contributed by atoms with Gasteiger partial charge in [0.1, 0.15) is 5.75 Å². The van der Waals surface area contributed by atoms with Crippen LogP contribution in [0.2, 0.25) is 0 Å². The Morgan fingerprint density at radius 3 is 3.00 bits per heavy atom. The Balaban J connectivity index is 2.67. The molecule has 0 aliphatic carbocycles. The van der Waals surface area contributed by atoms with E-state index in [0.29, 0.717) is 16.7 Å². The lowest BCUT2D eigenvalue weighted by atomic mass is 10.2. The van der Waals surface area contributed by atoms with Gasteiger partial charge in [-0.25, -0.2) is 0 Å². The van der Waals surface area contributed by atoms with E-state index in [0.717, 1.165) is 4.90 Å². The van der Waals surface area contributed by atoms with Crippen LogP contribution < -0.4 is 4.74 Å². The third kappa shape index (κ3) is 2.44. The fraction of sp³-hybridized carbons (Fsp3) is 0.429. The molecule has 0 aliphatic heterocycles. The highest BCUT2D eigenvalue weighted by Gasteiger charge is 2.08. The molecule has 2 rings (SSSR count). The van der Waals surface area contributed by atoms with Crippen LogP contribution in [0.25, 0.3) is 10.9 Å². The third-order valence-corrected chi connectivity index (χ3v) is 2.57. The summed E-state index contributed by atoms with van der Waals surface area (Å²) in [5, 5.41) is 0.708. The molecule has 1 aromatic heterocycles. The van der Waals surface area contributed by atoms with Crippen LogP contribution in [-0.2, 0) is 6.50 Å². The van der Waals surface area contributed by atoms with Crippen LogP contribution in [0.1, 0.15) is 15.1 Å². The molecule has 0 radical (unpaired) electrons. The van der Waals surface area contributed by atoms with E-state index in [1.165, 1.54) is 32.0 Å². The molecule has 2 aromatic rings. The molecule has 1 atom stereocenters. The van der Waals surface area contributed by atoms with Gasteiger partial charge in [0.15, 0.2) is 0 Å². The Hall–Kier alpha value is -1.48. The first kappa shape index (κ1) is 6.45. The predicted molar refractivity (Wildman–Crippen MR) is 71.6 cm³/mol. The number of hydrogen-bond acceptors (Lipinski definition) is 2. The van der Waals surface area contributed by atoms with Gasteiger partial charge in [0.05, 0.1) is 9.85 Å². The van der Waals surface area contributed by atoms with Gasteiger partial charge < -0.3 is 14.2 Å². The van der Waals surface area contributed by atoms with Crippen molar-refractivity contribution in [3.8, 4) is 5.75 Å². The van der Waals surface area contributed by atoms with Gasteiger partial charge in [-0.3, -0.25) is 0 Å². The van der Waals surface area contributed by atoms with E-state index in [2.05, 4.69) is 0 Å². The van der Waals surface area contributed by atoms with Crippen LogP contribution >= 0.6 is 0 Å². The molecule has 17 heavy (non-hydrogen) atoms. The lowest BCUT2D eigenvalue weighted by Crippen LogP contribution is -2.28. The number of nitrogens with zero attached hydrogens (tertiary/aromatic N) is 2. The number of likely N-dealkylation sites (N-methyl/N-ethyl adjacent to an activating group) is 1. The molecule has 0 spiro atoms. The van der Waals surface area contributed by atoms with Crippen molar-refractivity contribution in [1.82, 2.24) is 9.47 Å². The number of methoxy groups -OCH3 is 1.